The van der Waals surface area contributed by atoms with E-state index in [0.29, 0.717) is 13.1 Å². The Morgan fingerprint density at radius 2 is 1.52 bits per heavy atom. The Balaban J connectivity index is 1.86. The van der Waals surface area contributed by atoms with Crippen molar-refractivity contribution in [1.82, 2.24) is 10.2 Å². The number of likely N-dealkylation sites (tertiary alicyclic amines) is 1. The van der Waals surface area contributed by atoms with E-state index in [2.05, 4.69) is 5.32 Å². The van der Waals surface area contributed by atoms with Crippen molar-refractivity contribution in [1.29, 1.82) is 0 Å². The van der Waals surface area contributed by atoms with E-state index in [1.54, 1.807) is 20.8 Å². The first-order valence-corrected chi connectivity index (χ1v) is 7.59. The normalized spacial score (nSPS) is 27.5. The molecule has 2 unspecified atom stereocenters. The number of hydrogen-bond acceptors (Lipinski definition) is 3. The highest BCUT2D eigenvalue weighted by molar-refractivity contribution is 5.84. The van der Waals surface area contributed by atoms with E-state index in [4.69, 9.17) is 4.74 Å². The topological polar surface area (TPSA) is 58.6 Å². The van der Waals surface area contributed by atoms with Gasteiger partial charge in [0.25, 0.3) is 0 Å². The molecule has 8 heteroatoms. The number of carbonyl (C=O) groups excluding carboxylic acids is 2. The molecule has 1 saturated heterocycles. The van der Waals surface area contributed by atoms with Crippen LogP contribution in [0.15, 0.2) is 0 Å². The second-order valence-electron chi connectivity index (χ2n) is 7.85. The van der Waals surface area contributed by atoms with Crippen LogP contribution in [0.4, 0.5) is 18.0 Å². The molecule has 132 valence electrons. The van der Waals surface area contributed by atoms with Crippen molar-refractivity contribution in [2.45, 2.75) is 51.9 Å². The van der Waals surface area contributed by atoms with E-state index in [-0.39, 0.29) is 11.8 Å². The number of fused-ring (bicyclic) bond motifs is 1. The standard InChI is InChI=1S/C15H23F3N2O3/c1-13(2,3)23-12(22)20-6-8-9(7-20)10(8)11(21)19-14(4,5)15(16,17)18/h8-10H,6-7H2,1-5H3,(H,19,21). The van der Waals surface area contributed by atoms with Crippen LogP contribution in [0.1, 0.15) is 34.6 Å². The highest BCUT2D eigenvalue weighted by Gasteiger charge is 2.62. The Kier molecular flexibility index (Phi) is 4.10. The lowest BCUT2D eigenvalue weighted by molar-refractivity contribution is -0.188. The Labute approximate surface area is 133 Å². The number of ether oxygens (including phenoxy) is 1. The molecule has 0 aromatic rings. The van der Waals surface area contributed by atoms with Gasteiger partial charge in [-0.25, -0.2) is 4.79 Å². The maximum Gasteiger partial charge on any atom is 0.410 e. The molecule has 0 bridgehead atoms. The lowest BCUT2D eigenvalue weighted by Gasteiger charge is -2.30. The molecule has 0 aromatic carbocycles. The number of rotatable bonds is 2. The van der Waals surface area contributed by atoms with Gasteiger partial charge in [-0.2, -0.15) is 13.2 Å². The number of nitrogens with one attached hydrogen (secondary N) is 1. The van der Waals surface area contributed by atoms with Gasteiger partial charge in [-0.3, -0.25) is 4.79 Å². The molecule has 2 amide bonds. The van der Waals surface area contributed by atoms with Gasteiger partial charge in [0.2, 0.25) is 5.91 Å². The SMILES string of the molecule is CC(C)(C)OC(=O)N1CC2C(C1)C2C(=O)NC(C)(C)C(F)(F)F. The first-order chi connectivity index (χ1) is 10.2. The predicted octanol–water partition coefficient (Wildman–Crippen LogP) is 2.56. The summed E-state index contributed by atoms with van der Waals surface area (Å²) < 4.78 is 43.7. The number of piperidine rings is 1. The quantitative estimate of drug-likeness (QED) is 0.843. The molecule has 1 saturated carbocycles. The molecule has 5 nitrogen and oxygen atoms in total. The third-order valence-electron chi connectivity index (χ3n) is 4.29. The first kappa shape index (κ1) is 17.9. The summed E-state index contributed by atoms with van der Waals surface area (Å²) in [5.74, 6) is -1.19. The molecule has 0 radical (unpaired) electrons. The third kappa shape index (κ3) is 3.72. The molecule has 2 atom stereocenters. The molecule has 1 aliphatic carbocycles. The predicted molar refractivity (Wildman–Crippen MR) is 76.6 cm³/mol. The number of nitrogens with zero attached hydrogens (tertiary/aromatic N) is 1. The van der Waals surface area contributed by atoms with Crippen LogP contribution in [0.2, 0.25) is 0 Å². The van der Waals surface area contributed by atoms with Crippen LogP contribution in [0.3, 0.4) is 0 Å². The monoisotopic (exact) mass is 336 g/mol. The fourth-order valence-electron chi connectivity index (χ4n) is 2.85. The second kappa shape index (κ2) is 5.27. The van der Waals surface area contributed by atoms with Gasteiger partial charge in [-0.05, 0) is 46.5 Å². The van der Waals surface area contributed by atoms with Gasteiger partial charge in [0, 0.05) is 19.0 Å². The maximum absolute atomic E-state index is 12.8. The summed E-state index contributed by atoms with van der Waals surface area (Å²) in [4.78, 5) is 25.5. The summed E-state index contributed by atoms with van der Waals surface area (Å²) >= 11 is 0. The number of carbonyl (C=O) groups is 2. The number of alkyl halides is 3. The zero-order chi connectivity index (χ0) is 17.8. The Morgan fingerprint density at radius 3 is 1.91 bits per heavy atom. The van der Waals surface area contributed by atoms with E-state index >= 15 is 0 Å². The summed E-state index contributed by atoms with van der Waals surface area (Å²) in [5.41, 5.74) is -2.86. The van der Waals surface area contributed by atoms with Crippen molar-refractivity contribution in [3.8, 4) is 0 Å². The number of halogens is 3. The van der Waals surface area contributed by atoms with Gasteiger partial charge in [-0.1, -0.05) is 0 Å². The third-order valence-corrected chi connectivity index (χ3v) is 4.29. The second-order valence-corrected chi connectivity index (χ2v) is 7.85. The zero-order valence-electron chi connectivity index (χ0n) is 14.0. The van der Waals surface area contributed by atoms with E-state index in [1.165, 1.54) is 4.90 Å². The Hall–Kier alpha value is -1.47. The van der Waals surface area contributed by atoms with Crippen molar-refractivity contribution in [3.05, 3.63) is 0 Å². The van der Waals surface area contributed by atoms with Gasteiger partial charge in [0.1, 0.15) is 11.1 Å². The fraction of sp³-hybridized carbons (Fsp3) is 0.867. The van der Waals surface area contributed by atoms with E-state index in [1.807, 2.05) is 0 Å². The Bertz CT molecular complexity index is 499. The molecule has 0 aromatic heterocycles. The number of hydrogen-bond donors (Lipinski definition) is 1. The average molecular weight is 336 g/mol. The molecular weight excluding hydrogens is 313 g/mol. The minimum Gasteiger partial charge on any atom is -0.444 e. The molecule has 1 N–H and O–H groups in total. The maximum atomic E-state index is 12.8. The summed E-state index contributed by atoms with van der Waals surface area (Å²) in [7, 11) is 0. The van der Waals surface area contributed by atoms with Crippen molar-refractivity contribution in [3.63, 3.8) is 0 Å². The fourth-order valence-corrected chi connectivity index (χ4v) is 2.85. The summed E-state index contributed by atoms with van der Waals surface area (Å²) in [5, 5.41) is 2.07. The summed E-state index contributed by atoms with van der Waals surface area (Å²) in [6, 6.07) is 0. The van der Waals surface area contributed by atoms with Gasteiger partial charge in [-0.15, -0.1) is 0 Å². The van der Waals surface area contributed by atoms with Crippen molar-refractivity contribution >= 4 is 12.0 Å². The van der Waals surface area contributed by atoms with Crippen LogP contribution in [-0.4, -0.2) is 47.3 Å². The van der Waals surface area contributed by atoms with Crippen LogP contribution in [-0.2, 0) is 9.53 Å². The van der Waals surface area contributed by atoms with Gasteiger partial charge >= 0.3 is 12.3 Å². The minimum atomic E-state index is -4.50. The summed E-state index contributed by atoms with van der Waals surface area (Å²) in [6.07, 6.45) is -4.95. The van der Waals surface area contributed by atoms with Crippen LogP contribution in [0.25, 0.3) is 0 Å². The largest absolute Gasteiger partial charge is 0.444 e. The first-order valence-electron chi connectivity index (χ1n) is 7.59. The molecule has 23 heavy (non-hydrogen) atoms. The van der Waals surface area contributed by atoms with Gasteiger partial charge < -0.3 is 15.0 Å². The van der Waals surface area contributed by atoms with Crippen LogP contribution in [0.5, 0.6) is 0 Å². The van der Waals surface area contributed by atoms with Gasteiger partial charge in [0.15, 0.2) is 0 Å². The van der Waals surface area contributed by atoms with E-state index in [0.717, 1.165) is 13.8 Å². The zero-order valence-corrected chi connectivity index (χ0v) is 14.0. The lowest BCUT2D eigenvalue weighted by atomic mass is 10.0. The van der Waals surface area contributed by atoms with E-state index in [9.17, 15) is 22.8 Å². The number of amides is 2. The van der Waals surface area contributed by atoms with Crippen LogP contribution >= 0.6 is 0 Å². The lowest BCUT2D eigenvalue weighted by Crippen LogP contribution is -2.55. The van der Waals surface area contributed by atoms with Crippen LogP contribution < -0.4 is 5.32 Å². The molecule has 2 rings (SSSR count). The molecule has 1 heterocycles. The molecule has 0 spiro atoms. The van der Waals surface area contributed by atoms with Crippen molar-refractivity contribution in [2.75, 3.05) is 13.1 Å². The Morgan fingerprint density at radius 1 is 1.04 bits per heavy atom. The average Bonchev–Trinajstić information content (AvgIpc) is 2.80. The highest BCUT2D eigenvalue weighted by atomic mass is 19.4. The summed E-state index contributed by atoms with van der Waals surface area (Å²) in [6.45, 7) is 7.87. The van der Waals surface area contributed by atoms with Gasteiger partial charge in [0.05, 0.1) is 0 Å². The van der Waals surface area contributed by atoms with E-state index < -0.39 is 35.2 Å². The highest BCUT2D eigenvalue weighted by Crippen LogP contribution is 2.52. The molecule has 2 fully saturated rings. The smallest absolute Gasteiger partial charge is 0.410 e. The molecular formula is C15H23F3N2O3. The molecule has 2 aliphatic rings. The molecule has 1 aliphatic heterocycles. The van der Waals surface area contributed by atoms with Crippen molar-refractivity contribution < 1.29 is 27.5 Å². The van der Waals surface area contributed by atoms with Crippen LogP contribution in [0, 0.1) is 17.8 Å². The van der Waals surface area contributed by atoms with Crippen molar-refractivity contribution in [2.24, 2.45) is 17.8 Å². The minimum absolute atomic E-state index is 0.0773.